The number of benzene rings is 4. The van der Waals surface area contributed by atoms with Gasteiger partial charge in [0.1, 0.15) is 0 Å². The van der Waals surface area contributed by atoms with Crippen LogP contribution in [0.1, 0.15) is 38.7 Å². The van der Waals surface area contributed by atoms with E-state index in [-0.39, 0.29) is 49.5 Å². The fourth-order valence-electron chi connectivity index (χ4n) is 4.21. The Balaban J connectivity index is 2.05. The van der Waals surface area contributed by atoms with Crippen molar-refractivity contribution in [3.8, 4) is 22.3 Å². The lowest BCUT2D eigenvalue weighted by molar-refractivity contribution is 0.794. The van der Waals surface area contributed by atoms with Gasteiger partial charge >= 0.3 is 0 Å². The number of hydrogen-bond acceptors (Lipinski definition) is 0. The van der Waals surface area contributed by atoms with Gasteiger partial charge in [-0.2, -0.15) is 0 Å². The zero-order valence-corrected chi connectivity index (χ0v) is 13.9. The summed E-state index contributed by atoms with van der Waals surface area (Å²) in [5.41, 5.74) is -1.96. The Morgan fingerprint density at radius 3 is 1.73 bits per heavy atom. The molecule has 122 valence electrons. The van der Waals surface area contributed by atoms with Crippen molar-refractivity contribution in [2.75, 3.05) is 0 Å². The van der Waals surface area contributed by atoms with E-state index in [1.54, 1.807) is 12.1 Å². The first kappa shape index (κ1) is 7.06. The molecule has 0 aromatic heterocycles. The molecule has 4 aromatic rings. The minimum Gasteiger partial charge on any atom is -0.0837 e. The maximum Gasteiger partial charge on any atom is 0.0726 e. The standard InChI is InChI=1S/C25H15Cl/c26-23-15-7-14-22-24(23)18-10-3-6-13-21(18)25(22)19-11-4-1-8-16(19)17-9-2-5-12-20(17)25/h1-15H/i1D,2D,3D,4D,5D,6D,8D,9D,10D,11D,12D,13D. The van der Waals surface area contributed by atoms with Gasteiger partial charge in [-0.05, 0) is 45.0 Å². The topological polar surface area (TPSA) is 0 Å². The summed E-state index contributed by atoms with van der Waals surface area (Å²) in [6.45, 7) is 0. The lowest BCUT2D eigenvalue weighted by Crippen LogP contribution is -2.25. The highest BCUT2D eigenvalue weighted by Crippen LogP contribution is 2.63. The van der Waals surface area contributed by atoms with Crippen molar-refractivity contribution in [3.05, 3.63) is 118 Å². The van der Waals surface area contributed by atoms with E-state index in [1.165, 1.54) is 6.07 Å². The third kappa shape index (κ3) is 1.48. The SMILES string of the molecule is [2H]c1c([2H])c([2H])c2c(c1[2H])-c1c(Cl)cccc1C21c2c([2H])c([2H])c([2H])c([2H])c2-c2c([2H])c([2H])c([2H])c([2H])c21. The highest BCUT2D eigenvalue weighted by molar-refractivity contribution is 6.34. The Morgan fingerprint density at radius 1 is 0.615 bits per heavy atom. The molecule has 0 unspecified atom stereocenters. The number of halogens is 1. The highest BCUT2D eigenvalue weighted by atomic mass is 35.5. The van der Waals surface area contributed by atoms with Gasteiger partial charge in [0.05, 0.1) is 21.9 Å². The average molecular weight is 363 g/mol. The second-order valence-corrected chi connectivity index (χ2v) is 6.57. The van der Waals surface area contributed by atoms with E-state index < -0.39 is 77.9 Å². The smallest absolute Gasteiger partial charge is 0.0726 e. The van der Waals surface area contributed by atoms with Crippen LogP contribution in [-0.4, -0.2) is 0 Å². The van der Waals surface area contributed by atoms with Crippen LogP contribution in [0.25, 0.3) is 22.3 Å². The predicted octanol–water partition coefficient (Wildman–Crippen LogP) is 6.68. The third-order valence-electron chi connectivity index (χ3n) is 5.11. The lowest BCUT2D eigenvalue weighted by atomic mass is 9.70. The quantitative estimate of drug-likeness (QED) is 0.282. The Bertz CT molecular complexity index is 1740. The van der Waals surface area contributed by atoms with Crippen molar-refractivity contribution >= 4 is 11.6 Å². The van der Waals surface area contributed by atoms with Crippen LogP contribution >= 0.6 is 11.6 Å². The average Bonchev–Trinajstić information content (AvgIpc) is 3.38. The van der Waals surface area contributed by atoms with Crippen LogP contribution in [-0.2, 0) is 5.41 Å². The zero-order valence-electron chi connectivity index (χ0n) is 25.1. The van der Waals surface area contributed by atoms with Crippen LogP contribution < -0.4 is 0 Å². The zero-order chi connectivity index (χ0) is 27.7. The molecule has 0 saturated carbocycles. The normalized spacial score (nSPS) is 21.1. The maximum absolute atomic E-state index is 8.95. The molecule has 1 spiro atoms. The number of fused-ring (bicyclic) bond motifs is 10. The summed E-state index contributed by atoms with van der Waals surface area (Å²) >= 11 is 6.63. The van der Waals surface area contributed by atoms with Gasteiger partial charge in [-0.25, -0.2) is 0 Å². The lowest BCUT2D eigenvalue weighted by Gasteiger charge is -2.30. The molecule has 1 heteroatoms. The molecule has 0 N–H and O–H groups in total. The molecule has 0 radical (unpaired) electrons. The molecule has 0 aliphatic heterocycles. The summed E-state index contributed by atoms with van der Waals surface area (Å²) in [5, 5.41) is 0.127. The van der Waals surface area contributed by atoms with E-state index in [0.29, 0.717) is 0 Å². The Morgan fingerprint density at radius 2 is 1.12 bits per heavy atom. The number of rotatable bonds is 0. The van der Waals surface area contributed by atoms with Gasteiger partial charge in [0.15, 0.2) is 0 Å². The molecule has 0 nitrogen and oxygen atoms in total. The molecule has 2 aliphatic carbocycles. The first-order chi connectivity index (χ1) is 17.8. The second-order valence-electron chi connectivity index (χ2n) is 6.16. The molecule has 2 aliphatic rings. The monoisotopic (exact) mass is 362 g/mol. The molecule has 6 rings (SSSR count). The summed E-state index contributed by atoms with van der Waals surface area (Å²) in [5.74, 6) is 0. The van der Waals surface area contributed by atoms with E-state index in [2.05, 4.69) is 0 Å². The van der Waals surface area contributed by atoms with Crippen molar-refractivity contribution in [1.29, 1.82) is 0 Å². The molecule has 0 atom stereocenters. The molecule has 0 saturated heterocycles. The molecule has 0 amide bonds. The van der Waals surface area contributed by atoms with E-state index >= 15 is 0 Å². The third-order valence-corrected chi connectivity index (χ3v) is 5.42. The van der Waals surface area contributed by atoms with Gasteiger partial charge in [0.25, 0.3) is 0 Å². The summed E-state index contributed by atoms with van der Waals surface area (Å²) in [4.78, 5) is 0. The van der Waals surface area contributed by atoms with Crippen LogP contribution in [0.4, 0.5) is 0 Å². The second kappa shape index (κ2) is 4.87. The Hall–Kier alpha value is -2.83. The van der Waals surface area contributed by atoms with E-state index in [0.717, 1.165) is 0 Å². The molecular weight excluding hydrogens is 336 g/mol. The minimum atomic E-state index is -1.91. The Labute approximate surface area is 174 Å². The van der Waals surface area contributed by atoms with Crippen LogP contribution in [0.5, 0.6) is 0 Å². The van der Waals surface area contributed by atoms with Crippen LogP contribution in [0.3, 0.4) is 0 Å². The van der Waals surface area contributed by atoms with E-state index in [9.17, 15) is 0 Å². The van der Waals surface area contributed by atoms with Crippen molar-refractivity contribution in [1.82, 2.24) is 0 Å². The highest BCUT2D eigenvalue weighted by Gasteiger charge is 2.51. The van der Waals surface area contributed by atoms with E-state index in [4.69, 9.17) is 28.1 Å². The summed E-state index contributed by atoms with van der Waals surface area (Å²) in [6.07, 6.45) is 0. The van der Waals surface area contributed by atoms with Crippen molar-refractivity contribution in [2.45, 2.75) is 5.41 Å². The number of hydrogen-bond donors (Lipinski definition) is 0. The van der Waals surface area contributed by atoms with Gasteiger partial charge in [0, 0.05) is 10.6 Å². The minimum absolute atomic E-state index is 0.0234. The molecule has 0 heterocycles. The predicted molar refractivity (Wildman–Crippen MR) is 108 cm³/mol. The van der Waals surface area contributed by atoms with Gasteiger partial charge in [-0.15, -0.1) is 0 Å². The first-order valence-corrected chi connectivity index (χ1v) is 8.31. The molecule has 4 aromatic carbocycles. The van der Waals surface area contributed by atoms with Crippen LogP contribution in [0.15, 0.2) is 90.7 Å². The van der Waals surface area contributed by atoms with E-state index in [1.807, 2.05) is 0 Å². The summed E-state index contributed by atoms with van der Waals surface area (Å²) in [6, 6.07) is -1.79. The van der Waals surface area contributed by atoms with Gasteiger partial charge in [0.2, 0.25) is 0 Å². The molecular formula is C25H15Cl. The van der Waals surface area contributed by atoms with Crippen LogP contribution in [0, 0.1) is 0 Å². The van der Waals surface area contributed by atoms with Gasteiger partial charge < -0.3 is 0 Å². The summed E-state index contributed by atoms with van der Waals surface area (Å²) in [7, 11) is 0. The van der Waals surface area contributed by atoms with Crippen molar-refractivity contribution in [2.24, 2.45) is 0 Å². The molecule has 26 heavy (non-hydrogen) atoms. The fraction of sp³-hybridized carbons (Fsp3) is 0.0400. The molecule has 0 bridgehead atoms. The first-order valence-electron chi connectivity index (χ1n) is 13.9. The van der Waals surface area contributed by atoms with Crippen molar-refractivity contribution < 1.29 is 16.4 Å². The fourth-order valence-corrected chi connectivity index (χ4v) is 4.48. The van der Waals surface area contributed by atoms with Gasteiger partial charge in [-0.3, -0.25) is 0 Å². The van der Waals surface area contributed by atoms with Gasteiger partial charge in [-0.1, -0.05) is 96.2 Å². The molecule has 0 fully saturated rings. The van der Waals surface area contributed by atoms with Crippen LogP contribution in [0.2, 0.25) is 5.02 Å². The largest absolute Gasteiger partial charge is 0.0837 e. The van der Waals surface area contributed by atoms with Crippen molar-refractivity contribution in [3.63, 3.8) is 0 Å². The maximum atomic E-state index is 8.95. The summed E-state index contributed by atoms with van der Waals surface area (Å²) < 4.78 is 103. The Kier molecular flexibility index (Phi) is 1.32.